The third kappa shape index (κ3) is 2.84. The molecule has 9 heteroatoms. The number of nitrogens with zero attached hydrogens (tertiary/aromatic N) is 3. The normalized spacial score (nSPS) is 11.9. The summed E-state index contributed by atoms with van der Waals surface area (Å²) in [6.07, 6.45) is 1.50. The Morgan fingerprint density at radius 3 is 2.84 bits per heavy atom. The molecule has 0 atom stereocenters. The highest BCUT2D eigenvalue weighted by atomic mass is 32.2. The summed E-state index contributed by atoms with van der Waals surface area (Å²) in [5.74, 6) is 0.516. The Balaban J connectivity index is 2.23. The number of aromatic nitrogens is 3. The van der Waals surface area contributed by atoms with Crippen LogP contribution < -0.4 is 4.72 Å². The molecule has 0 saturated heterocycles. The quantitative estimate of drug-likeness (QED) is 0.820. The minimum atomic E-state index is -3.66. The summed E-state index contributed by atoms with van der Waals surface area (Å²) < 4.78 is 28.6. The van der Waals surface area contributed by atoms with Crippen molar-refractivity contribution in [3.05, 3.63) is 28.0 Å². The third-order valence-electron chi connectivity index (χ3n) is 2.63. The van der Waals surface area contributed by atoms with Gasteiger partial charge in [-0.2, -0.15) is 0 Å². The zero-order chi connectivity index (χ0) is 14.0. The summed E-state index contributed by atoms with van der Waals surface area (Å²) in [5.41, 5.74) is 0.625. The van der Waals surface area contributed by atoms with E-state index in [1.165, 1.54) is 17.7 Å². The van der Waals surface area contributed by atoms with E-state index < -0.39 is 10.0 Å². The molecule has 0 fully saturated rings. The largest absolute Gasteiger partial charge is 0.391 e. The second-order valence-electron chi connectivity index (χ2n) is 4.01. The van der Waals surface area contributed by atoms with Crippen molar-refractivity contribution in [2.45, 2.75) is 25.0 Å². The average Bonchev–Trinajstić information content (AvgIpc) is 2.93. The highest BCUT2D eigenvalue weighted by Gasteiger charge is 2.22. The molecule has 0 saturated carbocycles. The minimum absolute atomic E-state index is 0.0546. The number of aliphatic hydroxyl groups excluding tert-OH is 1. The van der Waals surface area contributed by atoms with Crippen LogP contribution in [0.15, 0.2) is 16.6 Å². The van der Waals surface area contributed by atoms with E-state index in [1.54, 1.807) is 23.9 Å². The van der Waals surface area contributed by atoms with Gasteiger partial charge in [0.1, 0.15) is 17.0 Å². The van der Waals surface area contributed by atoms with Crippen molar-refractivity contribution in [3.8, 4) is 0 Å². The molecule has 0 aromatic carbocycles. The van der Waals surface area contributed by atoms with Gasteiger partial charge in [0.2, 0.25) is 10.0 Å². The van der Waals surface area contributed by atoms with Crippen LogP contribution in [0.25, 0.3) is 0 Å². The van der Waals surface area contributed by atoms with Crippen LogP contribution in [0.1, 0.15) is 16.3 Å². The predicted molar refractivity (Wildman–Crippen MR) is 70.0 cm³/mol. The van der Waals surface area contributed by atoms with Gasteiger partial charge in [0, 0.05) is 7.05 Å². The second kappa shape index (κ2) is 5.37. The number of aryl methyl sites for hydroxylation is 2. The number of hydrogen-bond donors (Lipinski definition) is 2. The Bertz CT molecular complexity index is 675. The first-order valence-corrected chi connectivity index (χ1v) is 7.82. The summed E-state index contributed by atoms with van der Waals surface area (Å²) in [6.45, 7) is 1.46. The summed E-state index contributed by atoms with van der Waals surface area (Å²) in [5, 5.41) is 18.4. The summed E-state index contributed by atoms with van der Waals surface area (Å²) in [7, 11) is -1.93. The van der Waals surface area contributed by atoms with Crippen LogP contribution in [-0.4, -0.2) is 28.3 Å². The first-order valence-electron chi connectivity index (χ1n) is 5.46. The summed E-state index contributed by atoms with van der Waals surface area (Å²) in [4.78, 5) is 0.588. The number of rotatable bonds is 5. The van der Waals surface area contributed by atoms with Crippen molar-refractivity contribution in [3.63, 3.8) is 0 Å². The Morgan fingerprint density at radius 1 is 1.53 bits per heavy atom. The van der Waals surface area contributed by atoms with Gasteiger partial charge in [0.05, 0.1) is 18.0 Å². The Kier molecular flexibility index (Phi) is 3.99. The van der Waals surface area contributed by atoms with E-state index in [0.29, 0.717) is 16.3 Å². The van der Waals surface area contributed by atoms with Crippen LogP contribution in [0.2, 0.25) is 0 Å². The smallest absolute Gasteiger partial charge is 0.242 e. The van der Waals surface area contributed by atoms with Gasteiger partial charge in [0.15, 0.2) is 0 Å². The van der Waals surface area contributed by atoms with E-state index in [4.69, 9.17) is 0 Å². The van der Waals surface area contributed by atoms with Crippen molar-refractivity contribution >= 4 is 21.4 Å². The highest BCUT2D eigenvalue weighted by Crippen LogP contribution is 2.26. The van der Waals surface area contributed by atoms with Crippen molar-refractivity contribution in [2.24, 2.45) is 7.05 Å². The molecule has 2 N–H and O–H groups in total. The first kappa shape index (κ1) is 14.1. The fourth-order valence-corrected chi connectivity index (χ4v) is 4.29. The Morgan fingerprint density at radius 2 is 2.26 bits per heavy atom. The van der Waals surface area contributed by atoms with Gasteiger partial charge in [0.25, 0.3) is 0 Å². The third-order valence-corrected chi connectivity index (χ3v) is 5.48. The summed E-state index contributed by atoms with van der Waals surface area (Å²) in [6, 6.07) is 0. The average molecular weight is 302 g/mol. The minimum Gasteiger partial charge on any atom is -0.391 e. The second-order valence-corrected chi connectivity index (χ2v) is 6.68. The van der Waals surface area contributed by atoms with Gasteiger partial charge in [-0.05, 0) is 17.9 Å². The molecule has 0 bridgehead atoms. The maximum atomic E-state index is 12.2. The molecule has 2 aromatic heterocycles. The lowest BCUT2D eigenvalue weighted by Gasteiger charge is -2.07. The van der Waals surface area contributed by atoms with Gasteiger partial charge < -0.3 is 9.67 Å². The van der Waals surface area contributed by atoms with E-state index in [0.717, 1.165) is 0 Å². The van der Waals surface area contributed by atoms with Crippen LogP contribution in [0.4, 0.5) is 0 Å². The lowest BCUT2D eigenvalue weighted by Crippen LogP contribution is -2.25. The molecule has 104 valence electrons. The maximum absolute atomic E-state index is 12.2. The fraction of sp³-hybridized carbons (Fsp3) is 0.400. The van der Waals surface area contributed by atoms with E-state index >= 15 is 0 Å². The SMILES string of the molecule is Cc1csc(CO)c1S(=O)(=O)NCc1nncn1C. The Hall–Kier alpha value is -1.29. The number of nitrogens with one attached hydrogen (secondary N) is 1. The maximum Gasteiger partial charge on any atom is 0.242 e. The predicted octanol–water partition coefficient (Wildman–Crippen LogP) is 0.156. The molecule has 0 radical (unpaired) electrons. The van der Waals surface area contributed by atoms with Crippen molar-refractivity contribution in [1.29, 1.82) is 0 Å². The first-order chi connectivity index (χ1) is 8.95. The van der Waals surface area contributed by atoms with Crippen LogP contribution in [-0.2, 0) is 30.2 Å². The van der Waals surface area contributed by atoms with Crippen LogP contribution in [0.5, 0.6) is 0 Å². The number of sulfonamides is 1. The topological polar surface area (TPSA) is 97.1 Å². The molecule has 7 nitrogen and oxygen atoms in total. The molecule has 19 heavy (non-hydrogen) atoms. The van der Waals surface area contributed by atoms with Gasteiger partial charge in [-0.15, -0.1) is 21.5 Å². The lowest BCUT2D eigenvalue weighted by molar-refractivity contribution is 0.282. The molecule has 0 aliphatic carbocycles. The zero-order valence-electron chi connectivity index (χ0n) is 10.5. The van der Waals surface area contributed by atoms with E-state index in [-0.39, 0.29) is 18.0 Å². The molecule has 0 aliphatic heterocycles. The van der Waals surface area contributed by atoms with Crippen molar-refractivity contribution in [2.75, 3.05) is 0 Å². The molecule has 0 aliphatic rings. The number of aliphatic hydroxyl groups is 1. The summed E-state index contributed by atoms with van der Waals surface area (Å²) >= 11 is 1.23. The lowest BCUT2D eigenvalue weighted by atomic mass is 10.3. The standard InChI is InChI=1S/C10H14N4O3S2/c1-7-5-18-8(4-15)10(7)19(16,17)12-3-9-13-11-6-14(9)2/h5-6,12,15H,3-4H2,1-2H3. The van der Waals surface area contributed by atoms with Gasteiger partial charge in [-0.3, -0.25) is 0 Å². The number of thiophene rings is 1. The molecule has 2 rings (SSSR count). The van der Waals surface area contributed by atoms with E-state index in [1.807, 2.05) is 0 Å². The van der Waals surface area contributed by atoms with Crippen LogP contribution in [0.3, 0.4) is 0 Å². The van der Waals surface area contributed by atoms with Gasteiger partial charge >= 0.3 is 0 Å². The van der Waals surface area contributed by atoms with Crippen LogP contribution >= 0.6 is 11.3 Å². The fourth-order valence-electron chi connectivity index (χ4n) is 1.66. The molecule has 2 aromatic rings. The molecule has 0 unspecified atom stereocenters. The zero-order valence-corrected chi connectivity index (χ0v) is 12.1. The van der Waals surface area contributed by atoms with Crippen LogP contribution in [0, 0.1) is 6.92 Å². The van der Waals surface area contributed by atoms with Gasteiger partial charge in [-0.1, -0.05) is 0 Å². The van der Waals surface area contributed by atoms with Gasteiger partial charge in [-0.25, -0.2) is 13.1 Å². The number of hydrogen-bond acceptors (Lipinski definition) is 6. The van der Waals surface area contributed by atoms with E-state index in [2.05, 4.69) is 14.9 Å². The molecular weight excluding hydrogens is 288 g/mol. The molecular formula is C10H14N4O3S2. The van der Waals surface area contributed by atoms with Crippen molar-refractivity contribution in [1.82, 2.24) is 19.5 Å². The highest BCUT2D eigenvalue weighted by molar-refractivity contribution is 7.89. The molecule has 0 spiro atoms. The molecule has 2 heterocycles. The Labute approximate surface area is 115 Å². The monoisotopic (exact) mass is 302 g/mol. The molecule has 0 amide bonds. The van der Waals surface area contributed by atoms with E-state index in [9.17, 15) is 13.5 Å². The van der Waals surface area contributed by atoms with Crippen molar-refractivity contribution < 1.29 is 13.5 Å².